The number of H-pyrrole nitrogens is 1. The molecule has 1 aromatic heterocycles. The number of fused-ring (bicyclic) bond motifs is 1. The van der Waals surface area contributed by atoms with Gasteiger partial charge in [0, 0.05) is 34.2 Å². The van der Waals surface area contributed by atoms with Gasteiger partial charge in [-0.2, -0.15) is 0 Å². The Morgan fingerprint density at radius 3 is 2.61 bits per heavy atom. The molecule has 4 aromatic rings. The summed E-state index contributed by atoms with van der Waals surface area (Å²) in [6, 6.07) is 22.2. The number of hydrogen-bond acceptors (Lipinski definition) is 3. The highest BCUT2D eigenvalue weighted by Gasteiger charge is 2.09. The van der Waals surface area contributed by atoms with E-state index in [1.54, 1.807) is 0 Å². The first-order chi connectivity index (χ1) is 15.2. The van der Waals surface area contributed by atoms with Crippen LogP contribution in [0.2, 0.25) is 5.02 Å². The summed E-state index contributed by atoms with van der Waals surface area (Å²) in [5.41, 5.74) is 4.63. The molecular weight excluding hydrogens is 408 g/mol. The Balaban J connectivity index is 1.34. The van der Waals surface area contributed by atoms with Crippen LogP contribution in [0.25, 0.3) is 10.9 Å². The molecule has 4 rings (SSSR count). The van der Waals surface area contributed by atoms with Crippen LogP contribution in [0.4, 0.5) is 0 Å². The minimum absolute atomic E-state index is 0.405. The van der Waals surface area contributed by atoms with Crippen molar-refractivity contribution < 1.29 is 9.47 Å². The summed E-state index contributed by atoms with van der Waals surface area (Å²) in [5, 5.41) is 5.53. The molecule has 0 aliphatic rings. The van der Waals surface area contributed by atoms with Crippen LogP contribution in [-0.2, 0) is 19.6 Å². The summed E-state index contributed by atoms with van der Waals surface area (Å²) < 4.78 is 11.8. The average Bonchev–Trinajstić information content (AvgIpc) is 3.20. The Kier molecular flexibility index (Phi) is 7.13. The molecule has 0 aliphatic carbocycles. The maximum atomic E-state index is 6.24. The molecule has 3 aromatic carbocycles. The average molecular weight is 435 g/mol. The van der Waals surface area contributed by atoms with Gasteiger partial charge in [-0.15, -0.1) is 0 Å². The molecule has 2 N–H and O–H groups in total. The Morgan fingerprint density at radius 1 is 0.903 bits per heavy atom. The molecule has 31 heavy (non-hydrogen) atoms. The normalized spacial score (nSPS) is 11.0. The first-order valence-corrected chi connectivity index (χ1v) is 11.0. The largest absolute Gasteiger partial charge is 0.490 e. The fraction of sp³-hybridized carbons (Fsp3) is 0.231. The predicted molar refractivity (Wildman–Crippen MR) is 127 cm³/mol. The lowest BCUT2D eigenvalue weighted by molar-refractivity contribution is 0.269. The molecule has 0 saturated heterocycles. The molecule has 0 bridgehead atoms. The van der Waals surface area contributed by atoms with Crippen LogP contribution in [0.15, 0.2) is 72.9 Å². The fourth-order valence-corrected chi connectivity index (χ4v) is 3.81. The number of aromatic nitrogens is 1. The highest BCUT2D eigenvalue weighted by atomic mass is 35.5. The van der Waals surface area contributed by atoms with Crippen molar-refractivity contribution in [1.82, 2.24) is 10.3 Å². The number of para-hydroxylation sites is 1. The molecule has 0 radical (unpaired) electrons. The Bertz CT molecular complexity index is 1140. The zero-order chi connectivity index (χ0) is 21.5. The molecule has 0 unspecified atom stereocenters. The Labute approximate surface area is 188 Å². The third kappa shape index (κ3) is 5.40. The minimum atomic E-state index is 0.405. The number of nitrogens with one attached hydrogen (secondary N) is 2. The van der Waals surface area contributed by atoms with Crippen LogP contribution in [0.1, 0.15) is 23.6 Å². The van der Waals surface area contributed by atoms with Gasteiger partial charge in [-0.25, -0.2) is 0 Å². The molecule has 5 heteroatoms. The maximum Gasteiger partial charge on any atom is 0.161 e. The van der Waals surface area contributed by atoms with E-state index < -0.39 is 0 Å². The van der Waals surface area contributed by atoms with E-state index in [4.69, 9.17) is 21.1 Å². The molecule has 0 aliphatic heterocycles. The van der Waals surface area contributed by atoms with E-state index in [9.17, 15) is 0 Å². The van der Waals surface area contributed by atoms with Gasteiger partial charge < -0.3 is 19.8 Å². The van der Waals surface area contributed by atoms with Gasteiger partial charge in [0.15, 0.2) is 11.5 Å². The molecule has 0 amide bonds. The van der Waals surface area contributed by atoms with Gasteiger partial charge in [-0.05, 0) is 55.3 Å². The smallest absolute Gasteiger partial charge is 0.161 e. The lowest BCUT2D eigenvalue weighted by Gasteiger charge is -2.14. The summed E-state index contributed by atoms with van der Waals surface area (Å²) in [6.07, 6.45) is 3.08. The van der Waals surface area contributed by atoms with Crippen molar-refractivity contribution in [3.63, 3.8) is 0 Å². The van der Waals surface area contributed by atoms with Gasteiger partial charge in [0.1, 0.15) is 6.61 Å². The van der Waals surface area contributed by atoms with Crippen molar-refractivity contribution in [3.05, 3.63) is 94.6 Å². The Hall–Kier alpha value is -2.95. The lowest BCUT2D eigenvalue weighted by Crippen LogP contribution is -2.16. The molecule has 0 fully saturated rings. The van der Waals surface area contributed by atoms with Gasteiger partial charge in [0.25, 0.3) is 0 Å². The summed E-state index contributed by atoms with van der Waals surface area (Å²) in [5.74, 6) is 1.48. The number of ether oxygens (including phenoxy) is 2. The quantitative estimate of drug-likeness (QED) is 0.295. The summed E-state index contributed by atoms with van der Waals surface area (Å²) in [4.78, 5) is 3.34. The van der Waals surface area contributed by atoms with Crippen molar-refractivity contribution in [3.8, 4) is 11.5 Å². The van der Waals surface area contributed by atoms with Crippen LogP contribution in [0.5, 0.6) is 11.5 Å². The molecule has 0 atom stereocenters. The zero-order valence-electron chi connectivity index (χ0n) is 17.7. The van der Waals surface area contributed by atoms with Crippen LogP contribution in [0, 0.1) is 0 Å². The number of rotatable bonds is 10. The summed E-state index contributed by atoms with van der Waals surface area (Å²) >= 11 is 6.24. The minimum Gasteiger partial charge on any atom is -0.490 e. The highest BCUT2D eigenvalue weighted by molar-refractivity contribution is 6.31. The van der Waals surface area contributed by atoms with E-state index >= 15 is 0 Å². The summed E-state index contributed by atoms with van der Waals surface area (Å²) in [6.45, 7) is 4.63. The predicted octanol–water partition coefficient (Wildman–Crippen LogP) is 6.13. The number of aromatic amines is 1. The van der Waals surface area contributed by atoms with Gasteiger partial charge in [-0.1, -0.05) is 54.1 Å². The van der Waals surface area contributed by atoms with Crippen molar-refractivity contribution in [1.29, 1.82) is 0 Å². The number of hydrogen-bond donors (Lipinski definition) is 2. The lowest BCUT2D eigenvalue weighted by atomic mass is 10.1. The van der Waals surface area contributed by atoms with Gasteiger partial charge in [0.05, 0.1) is 6.61 Å². The summed E-state index contributed by atoms with van der Waals surface area (Å²) in [7, 11) is 0. The topological polar surface area (TPSA) is 46.3 Å². The van der Waals surface area contributed by atoms with Crippen LogP contribution >= 0.6 is 11.6 Å². The first kappa shape index (κ1) is 21.3. The molecule has 160 valence electrons. The van der Waals surface area contributed by atoms with Crippen molar-refractivity contribution in [2.45, 2.75) is 26.5 Å². The Morgan fingerprint density at radius 2 is 1.74 bits per heavy atom. The fourth-order valence-electron chi connectivity index (χ4n) is 3.62. The van der Waals surface area contributed by atoms with E-state index in [1.165, 1.54) is 16.5 Å². The maximum absolute atomic E-state index is 6.24. The SMILES string of the molecule is CCOc1cc(CNCCc2c[nH]c3ccccc23)ccc1OCc1ccccc1Cl. The zero-order valence-corrected chi connectivity index (χ0v) is 18.4. The molecule has 1 heterocycles. The highest BCUT2D eigenvalue weighted by Crippen LogP contribution is 2.30. The third-order valence-corrected chi connectivity index (χ3v) is 5.59. The van der Waals surface area contributed by atoms with Gasteiger partial charge in [-0.3, -0.25) is 0 Å². The van der Waals surface area contributed by atoms with Crippen LogP contribution in [0.3, 0.4) is 0 Å². The number of halogens is 1. The monoisotopic (exact) mass is 434 g/mol. The number of benzene rings is 3. The van der Waals surface area contributed by atoms with Gasteiger partial charge >= 0.3 is 0 Å². The molecule has 4 nitrogen and oxygen atoms in total. The van der Waals surface area contributed by atoms with E-state index in [0.717, 1.165) is 42.1 Å². The van der Waals surface area contributed by atoms with Crippen molar-refractivity contribution >= 4 is 22.5 Å². The first-order valence-electron chi connectivity index (χ1n) is 10.6. The van der Waals surface area contributed by atoms with Crippen molar-refractivity contribution in [2.75, 3.05) is 13.2 Å². The standard InChI is InChI=1S/C26H27ClN2O2/c1-2-30-26-15-19(11-12-25(26)31-18-21-7-3-5-9-23(21)27)16-28-14-13-20-17-29-24-10-6-4-8-22(20)24/h3-12,15,17,28-29H,2,13-14,16,18H2,1H3. The van der Waals surface area contributed by atoms with E-state index in [0.29, 0.717) is 18.2 Å². The van der Waals surface area contributed by atoms with Gasteiger partial charge in [0.2, 0.25) is 0 Å². The van der Waals surface area contributed by atoms with Crippen molar-refractivity contribution in [2.24, 2.45) is 0 Å². The van der Waals surface area contributed by atoms with Crippen LogP contribution in [-0.4, -0.2) is 18.1 Å². The second-order valence-electron chi connectivity index (χ2n) is 7.38. The molecule has 0 spiro atoms. The van der Waals surface area contributed by atoms with E-state index in [1.807, 2.05) is 43.3 Å². The van der Waals surface area contributed by atoms with Crippen LogP contribution < -0.4 is 14.8 Å². The molecular formula is C26H27ClN2O2. The second kappa shape index (κ2) is 10.4. The van der Waals surface area contributed by atoms with E-state index in [2.05, 4.69) is 46.8 Å². The second-order valence-corrected chi connectivity index (χ2v) is 7.79. The third-order valence-electron chi connectivity index (χ3n) is 5.22. The van der Waals surface area contributed by atoms with E-state index in [-0.39, 0.29) is 0 Å². The molecule has 0 saturated carbocycles.